The molecular weight excluding hydrogens is 300 g/mol. The number of hydrogen-bond acceptors (Lipinski definition) is 6. The van der Waals surface area contributed by atoms with E-state index >= 15 is 0 Å². The van der Waals surface area contributed by atoms with Crippen molar-refractivity contribution < 1.29 is 4.74 Å². The monoisotopic (exact) mass is 322 g/mol. The van der Waals surface area contributed by atoms with Gasteiger partial charge in [-0.25, -0.2) is 4.98 Å². The van der Waals surface area contributed by atoms with E-state index in [1.54, 1.807) is 0 Å². The average molecular weight is 322 g/mol. The molecule has 1 saturated heterocycles. The van der Waals surface area contributed by atoms with Crippen LogP contribution in [-0.2, 0) is 11.3 Å². The normalized spacial score (nSPS) is 23.2. The highest BCUT2D eigenvalue weighted by molar-refractivity contribution is 7.16. The average Bonchev–Trinajstić information content (AvgIpc) is 2.84. The van der Waals surface area contributed by atoms with Crippen LogP contribution in [0.1, 0.15) is 44.8 Å². The maximum absolute atomic E-state index is 11.9. The number of ether oxygens (including phenoxy) is 1. The molecule has 1 fully saturated rings. The minimum absolute atomic E-state index is 0.121. The number of aryl methyl sites for hydroxylation is 1. The fraction of sp³-hybridized carbons (Fsp3) is 0.667. The van der Waals surface area contributed by atoms with Crippen molar-refractivity contribution in [2.24, 2.45) is 0 Å². The Hall–Kier alpha value is -1.31. The van der Waals surface area contributed by atoms with Gasteiger partial charge in [0.25, 0.3) is 5.56 Å². The first kappa shape index (κ1) is 15.6. The molecule has 0 unspecified atom stereocenters. The van der Waals surface area contributed by atoms with E-state index < -0.39 is 0 Å². The van der Waals surface area contributed by atoms with Crippen molar-refractivity contribution in [3.8, 4) is 0 Å². The second-order valence-electron chi connectivity index (χ2n) is 7.03. The van der Waals surface area contributed by atoms with E-state index in [0.717, 1.165) is 17.1 Å². The predicted octanol–water partition coefficient (Wildman–Crippen LogP) is 1.90. The van der Waals surface area contributed by atoms with Gasteiger partial charge in [-0.2, -0.15) is 9.61 Å². The Morgan fingerprint density at radius 3 is 2.82 bits per heavy atom. The first-order chi connectivity index (χ1) is 10.2. The molecule has 0 saturated carbocycles. The summed E-state index contributed by atoms with van der Waals surface area (Å²) in [6.07, 6.45) is 0.947. The van der Waals surface area contributed by atoms with Gasteiger partial charge in [-0.15, -0.1) is 0 Å². The molecule has 0 bridgehead atoms. The Morgan fingerprint density at radius 1 is 1.45 bits per heavy atom. The van der Waals surface area contributed by atoms with Gasteiger partial charge in [0.05, 0.1) is 17.7 Å². The van der Waals surface area contributed by atoms with Crippen LogP contribution in [0.4, 0.5) is 0 Å². The van der Waals surface area contributed by atoms with E-state index in [2.05, 4.69) is 43.1 Å². The Morgan fingerprint density at radius 2 is 2.18 bits per heavy atom. The van der Waals surface area contributed by atoms with Crippen molar-refractivity contribution in [2.45, 2.75) is 64.8 Å². The lowest BCUT2D eigenvalue weighted by Gasteiger charge is -2.27. The second kappa shape index (κ2) is 5.11. The van der Waals surface area contributed by atoms with E-state index in [0.29, 0.717) is 11.5 Å². The van der Waals surface area contributed by atoms with E-state index in [-0.39, 0.29) is 22.8 Å². The standard InChI is InChI=1S/C15H22N4O2S/c1-9-6-12(20)19-13(17-9)22-11(18-19)8-16-10-7-14(2,3)21-15(10,4)5/h6,10,16H,7-8H2,1-5H3/t10-/m1/s1. The number of rotatable bonds is 3. The minimum Gasteiger partial charge on any atom is -0.368 e. The van der Waals surface area contributed by atoms with Crippen LogP contribution < -0.4 is 10.9 Å². The number of hydrogen-bond donors (Lipinski definition) is 1. The van der Waals surface area contributed by atoms with Crippen molar-refractivity contribution in [3.05, 3.63) is 27.1 Å². The highest BCUT2D eigenvalue weighted by Crippen LogP contribution is 2.37. The third kappa shape index (κ3) is 2.93. The molecule has 0 amide bonds. The first-order valence-electron chi connectivity index (χ1n) is 7.46. The lowest BCUT2D eigenvalue weighted by molar-refractivity contribution is -0.0699. The molecule has 2 aromatic heterocycles. The van der Waals surface area contributed by atoms with Crippen molar-refractivity contribution in [1.29, 1.82) is 0 Å². The Bertz CT molecular complexity index is 762. The van der Waals surface area contributed by atoms with E-state index in [1.807, 2.05) is 6.92 Å². The third-order valence-corrected chi connectivity index (χ3v) is 4.90. The number of nitrogens with one attached hydrogen (secondary N) is 1. The quantitative estimate of drug-likeness (QED) is 0.934. The molecular formula is C15H22N4O2S. The molecule has 0 aromatic carbocycles. The Balaban J connectivity index is 1.77. The molecule has 7 heteroatoms. The molecule has 0 radical (unpaired) electrons. The summed E-state index contributed by atoms with van der Waals surface area (Å²) in [5, 5.41) is 8.73. The zero-order valence-corrected chi connectivity index (χ0v) is 14.5. The van der Waals surface area contributed by atoms with Crippen molar-refractivity contribution >= 4 is 16.3 Å². The molecule has 120 valence electrons. The number of aromatic nitrogens is 3. The number of fused-ring (bicyclic) bond motifs is 1. The predicted molar refractivity (Wildman–Crippen MR) is 86.4 cm³/mol. The largest absolute Gasteiger partial charge is 0.368 e. The van der Waals surface area contributed by atoms with Gasteiger partial charge in [0.2, 0.25) is 4.96 Å². The lowest BCUT2D eigenvalue weighted by atomic mass is 9.94. The lowest BCUT2D eigenvalue weighted by Crippen LogP contribution is -2.42. The molecule has 22 heavy (non-hydrogen) atoms. The summed E-state index contributed by atoms with van der Waals surface area (Å²) in [7, 11) is 0. The van der Waals surface area contributed by atoms with Crippen molar-refractivity contribution in [1.82, 2.24) is 19.9 Å². The van der Waals surface area contributed by atoms with Gasteiger partial charge in [0.1, 0.15) is 5.01 Å². The van der Waals surface area contributed by atoms with E-state index in [1.165, 1.54) is 21.9 Å². The maximum atomic E-state index is 11.9. The molecule has 1 aliphatic heterocycles. The summed E-state index contributed by atoms with van der Waals surface area (Å²) < 4.78 is 7.45. The summed E-state index contributed by atoms with van der Waals surface area (Å²) in [6.45, 7) is 10.9. The van der Waals surface area contributed by atoms with Crippen LogP contribution in [0.3, 0.4) is 0 Å². The van der Waals surface area contributed by atoms with Gasteiger partial charge >= 0.3 is 0 Å². The van der Waals surface area contributed by atoms with Crippen LogP contribution in [0.25, 0.3) is 4.96 Å². The van der Waals surface area contributed by atoms with Crippen molar-refractivity contribution in [3.63, 3.8) is 0 Å². The van der Waals surface area contributed by atoms with Gasteiger partial charge in [0, 0.05) is 17.8 Å². The smallest absolute Gasteiger partial charge is 0.275 e. The molecule has 2 aromatic rings. The van der Waals surface area contributed by atoms with E-state index in [9.17, 15) is 4.79 Å². The summed E-state index contributed by atoms with van der Waals surface area (Å²) in [4.78, 5) is 16.9. The summed E-state index contributed by atoms with van der Waals surface area (Å²) in [6, 6.07) is 1.75. The second-order valence-corrected chi connectivity index (χ2v) is 8.07. The fourth-order valence-electron chi connectivity index (χ4n) is 3.12. The van der Waals surface area contributed by atoms with Crippen LogP contribution >= 0.6 is 11.3 Å². The molecule has 0 aliphatic carbocycles. The Kier molecular flexibility index (Phi) is 3.62. The molecule has 3 rings (SSSR count). The SMILES string of the molecule is Cc1cc(=O)n2nc(CN[C@@H]3CC(C)(C)OC3(C)C)sc2n1. The molecule has 1 atom stereocenters. The number of nitrogens with zero attached hydrogens (tertiary/aromatic N) is 3. The van der Waals surface area contributed by atoms with Crippen LogP contribution in [-0.4, -0.2) is 31.8 Å². The fourth-order valence-corrected chi connectivity index (χ4v) is 4.02. The summed E-state index contributed by atoms with van der Waals surface area (Å²) in [5.41, 5.74) is 0.256. The summed E-state index contributed by atoms with van der Waals surface area (Å²) in [5.74, 6) is 0. The van der Waals surface area contributed by atoms with Gasteiger partial charge in [0.15, 0.2) is 0 Å². The topological polar surface area (TPSA) is 68.5 Å². The summed E-state index contributed by atoms with van der Waals surface area (Å²) >= 11 is 1.45. The van der Waals surface area contributed by atoms with Crippen LogP contribution in [0.15, 0.2) is 10.9 Å². The van der Waals surface area contributed by atoms with Gasteiger partial charge in [-0.05, 0) is 41.0 Å². The zero-order chi connectivity index (χ0) is 16.1. The van der Waals surface area contributed by atoms with Crippen LogP contribution in [0, 0.1) is 6.92 Å². The van der Waals surface area contributed by atoms with Crippen molar-refractivity contribution in [2.75, 3.05) is 0 Å². The van der Waals surface area contributed by atoms with Gasteiger partial charge in [-0.1, -0.05) is 11.3 Å². The highest BCUT2D eigenvalue weighted by Gasteiger charge is 2.45. The first-order valence-corrected chi connectivity index (χ1v) is 8.28. The van der Waals surface area contributed by atoms with Gasteiger partial charge < -0.3 is 10.1 Å². The van der Waals surface area contributed by atoms with E-state index in [4.69, 9.17) is 4.74 Å². The third-order valence-electron chi connectivity index (χ3n) is 3.99. The van der Waals surface area contributed by atoms with Crippen LogP contribution in [0.2, 0.25) is 0 Å². The zero-order valence-electron chi connectivity index (χ0n) is 13.6. The molecule has 3 heterocycles. The molecule has 0 spiro atoms. The molecule has 1 aliphatic rings. The maximum Gasteiger partial charge on any atom is 0.275 e. The van der Waals surface area contributed by atoms with Crippen LogP contribution in [0.5, 0.6) is 0 Å². The van der Waals surface area contributed by atoms with Gasteiger partial charge in [-0.3, -0.25) is 4.79 Å². The molecule has 1 N–H and O–H groups in total. The Labute approximate surface area is 133 Å². The highest BCUT2D eigenvalue weighted by atomic mass is 32.1. The molecule has 6 nitrogen and oxygen atoms in total. The minimum atomic E-state index is -0.216.